The first-order valence-electron chi connectivity index (χ1n) is 4.53. The third-order valence-electron chi connectivity index (χ3n) is 2.23. The van der Waals surface area contributed by atoms with E-state index in [2.05, 4.69) is 24.4 Å². The van der Waals surface area contributed by atoms with E-state index in [1.807, 2.05) is 12.2 Å². The number of hydrogen-bond acceptors (Lipinski definition) is 2. The van der Waals surface area contributed by atoms with Crippen molar-refractivity contribution in [1.29, 1.82) is 0 Å². The van der Waals surface area contributed by atoms with Crippen molar-refractivity contribution in [3.8, 4) is 0 Å². The Kier molecular flexibility index (Phi) is 3.50. The van der Waals surface area contributed by atoms with Crippen molar-refractivity contribution in [1.82, 2.24) is 5.32 Å². The van der Waals surface area contributed by atoms with Gasteiger partial charge in [0.25, 0.3) is 0 Å². The summed E-state index contributed by atoms with van der Waals surface area (Å²) in [5, 5.41) is 12.3. The van der Waals surface area contributed by atoms with Crippen molar-refractivity contribution < 1.29 is 5.11 Å². The summed E-state index contributed by atoms with van der Waals surface area (Å²) in [6.07, 6.45) is 10.2. The lowest BCUT2D eigenvalue weighted by Gasteiger charge is -2.31. The molecule has 0 fully saturated rings. The fraction of sp³-hybridized carbons (Fsp3) is 0.600. The van der Waals surface area contributed by atoms with Crippen LogP contribution in [0, 0.1) is 0 Å². The Labute approximate surface area is 74.0 Å². The molecule has 2 nitrogen and oxygen atoms in total. The molecule has 0 radical (unpaired) electrons. The van der Waals surface area contributed by atoms with Gasteiger partial charge in [0.15, 0.2) is 0 Å². The van der Waals surface area contributed by atoms with Gasteiger partial charge in [0.2, 0.25) is 0 Å². The van der Waals surface area contributed by atoms with E-state index in [0.717, 1.165) is 19.4 Å². The minimum absolute atomic E-state index is 0.0122. The van der Waals surface area contributed by atoms with Crippen LogP contribution in [0.4, 0.5) is 0 Å². The van der Waals surface area contributed by atoms with Gasteiger partial charge in [-0.15, -0.1) is 0 Å². The van der Waals surface area contributed by atoms with Crippen molar-refractivity contribution in [3.63, 3.8) is 0 Å². The Morgan fingerprint density at radius 1 is 1.50 bits per heavy atom. The van der Waals surface area contributed by atoms with Crippen LogP contribution in [0.25, 0.3) is 0 Å². The Morgan fingerprint density at radius 3 is 2.83 bits per heavy atom. The maximum Gasteiger partial charge on any atom is 0.0451 e. The van der Waals surface area contributed by atoms with Crippen molar-refractivity contribution in [2.45, 2.75) is 25.3 Å². The second kappa shape index (κ2) is 4.43. The summed E-state index contributed by atoms with van der Waals surface area (Å²) in [6.45, 7) is 3.27. The highest BCUT2D eigenvalue weighted by molar-refractivity contribution is 5.20. The van der Waals surface area contributed by atoms with Crippen molar-refractivity contribution in [2.75, 3.05) is 13.2 Å². The summed E-state index contributed by atoms with van der Waals surface area (Å²) in [6, 6.07) is 0. The van der Waals surface area contributed by atoms with Crippen LogP contribution in [-0.2, 0) is 0 Å². The van der Waals surface area contributed by atoms with Gasteiger partial charge in [0, 0.05) is 12.1 Å². The first kappa shape index (κ1) is 9.49. The Hall–Kier alpha value is -0.600. The number of nitrogens with one attached hydrogen (secondary N) is 1. The lowest BCUT2D eigenvalue weighted by molar-refractivity contribution is 0.238. The molecule has 0 heterocycles. The number of rotatable bonds is 4. The minimum Gasteiger partial charge on any atom is -0.396 e. The van der Waals surface area contributed by atoms with Crippen LogP contribution in [0.5, 0.6) is 0 Å². The molecule has 0 saturated heterocycles. The number of allylic oxidation sites excluding steroid dienone is 2. The molecule has 12 heavy (non-hydrogen) atoms. The third kappa shape index (κ3) is 2.19. The first-order chi connectivity index (χ1) is 5.83. The highest BCUT2D eigenvalue weighted by Crippen LogP contribution is 2.20. The van der Waals surface area contributed by atoms with Crippen LogP contribution >= 0.6 is 0 Å². The predicted molar refractivity (Wildman–Crippen MR) is 51.0 cm³/mol. The molecule has 1 aliphatic rings. The fourth-order valence-corrected chi connectivity index (χ4v) is 1.62. The van der Waals surface area contributed by atoms with Crippen LogP contribution in [0.2, 0.25) is 0 Å². The van der Waals surface area contributed by atoms with Gasteiger partial charge < -0.3 is 10.4 Å². The Morgan fingerprint density at radius 2 is 2.33 bits per heavy atom. The van der Waals surface area contributed by atoms with E-state index >= 15 is 0 Å². The fourth-order valence-electron chi connectivity index (χ4n) is 1.62. The van der Waals surface area contributed by atoms with Gasteiger partial charge >= 0.3 is 0 Å². The molecule has 0 amide bonds. The second-order valence-electron chi connectivity index (χ2n) is 3.15. The van der Waals surface area contributed by atoms with Gasteiger partial charge in [-0.1, -0.05) is 31.2 Å². The van der Waals surface area contributed by atoms with Crippen LogP contribution in [-0.4, -0.2) is 23.8 Å². The van der Waals surface area contributed by atoms with Crippen LogP contribution in [0.15, 0.2) is 24.3 Å². The molecule has 0 saturated carbocycles. The minimum atomic E-state index is 0.0122. The predicted octanol–water partition coefficient (Wildman–Crippen LogP) is 1.23. The number of hydrogen-bond donors (Lipinski definition) is 2. The Bertz CT molecular complexity index is 178. The molecule has 2 heteroatoms. The largest absolute Gasteiger partial charge is 0.396 e. The zero-order valence-electron chi connectivity index (χ0n) is 7.59. The highest BCUT2D eigenvalue weighted by atomic mass is 16.3. The van der Waals surface area contributed by atoms with E-state index in [4.69, 9.17) is 5.11 Å². The third-order valence-corrected chi connectivity index (χ3v) is 2.23. The summed E-state index contributed by atoms with van der Waals surface area (Å²) in [4.78, 5) is 0. The van der Waals surface area contributed by atoms with Gasteiger partial charge in [-0.25, -0.2) is 0 Å². The monoisotopic (exact) mass is 167 g/mol. The summed E-state index contributed by atoms with van der Waals surface area (Å²) in [5.74, 6) is 0. The topological polar surface area (TPSA) is 32.3 Å². The number of likely N-dealkylation sites (N-methyl/N-ethyl adjacent to an activating group) is 1. The number of aliphatic hydroxyl groups is 1. The molecule has 0 aromatic rings. The van der Waals surface area contributed by atoms with E-state index in [9.17, 15) is 0 Å². The van der Waals surface area contributed by atoms with Crippen LogP contribution in [0.1, 0.15) is 19.8 Å². The van der Waals surface area contributed by atoms with Crippen LogP contribution < -0.4 is 5.32 Å². The summed E-state index contributed by atoms with van der Waals surface area (Å²) >= 11 is 0. The maximum atomic E-state index is 8.91. The van der Waals surface area contributed by atoms with E-state index in [-0.39, 0.29) is 12.1 Å². The van der Waals surface area contributed by atoms with Crippen molar-refractivity contribution in [3.05, 3.63) is 24.3 Å². The lowest BCUT2D eigenvalue weighted by Crippen LogP contribution is -2.44. The summed E-state index contributed by atoms with van der Waals surface area (Å²) < 4.78 is 0. The first-order valence-corrected chi connectivity index (χ1v) is 4.53. The van der Waals surface area contributed by atoms with Gasteiger partial charge in [0.05, 0.1) is 0 Å². The summed E-state index contributed by atoms with van der Waals surface area (Å²) in [5.41, 5.74) is 0.0122. The molecule has 68 valence electrons. The van der Waals surface area contributed by atoms with E-state index in [1.54, 1.807) is 0 Å². The smallest absolute Gasteiger partial charge is 0.0451 e. The molecule has 1 atom stereocenters. The van der Waals surface area contributed by atoms with Gasteiger partial charge in [-0.2, -0.15) is 0 Å². The lowest BCUT2D eigenvalue weighted by atomic mass is 9.88. The average Bonchev–Trinajstić information content (AvgIpc) is 2.07. The number of aliphatic hydroxyl groups excluding tert-OH is 1. The van der Waals surface area contributed by atoms with E-state index in [1.165, 1.54) is 0 Å². The van der Waals surface area contributed by atoms with E-state index in [0.29, 0.717) is 0 Å². The van der Waals surface area contributed by atoms with Crippen molar-refractivity contribution >= 4 is 0 Å². The zero-order valence-corrected chi connectivity index (χ0v) is 7.59. The highest BCUT2D eigenvalue weighted by Gasteiger charge is 2.24. The molecular weight excluding hydrogens is 150 g/mol. The standard InChI is InChI=1S/C10H17NO/c1-2-11-10(8-9-12)6-4-3-5-7-10/h3-6,11-12H,2,7-9H2,1H3. The van der Waals surface area contributed by atoms with E-state index < -0.39 is 0 Å². The molecule has 0 aliphatic heterocycles. The molecule has 0 aromatic heterocycles. The van der Waals surface area contributed by atoms with Gasteiger partial charge in [-0.3, -0.25) is 0 Å². The average molecular weight is 167 g/mol. The van der Waals surface area contributed by atoms with Gasteiger partial charge in [0.1, 0.15) is 0 Å². The summed E-state index contributed by atoms with van der Waals surface area (Å²) in [7, 11) is 0. The molecule has 0 aromatic carbocycles. The molecule has 1 unspecified atom stereocenters. The molecule has 1 rings (SSSR count). The maximum absolute atomic E-state index is 8.91. The molecule has 2 N–H and O–H groups in total. The molecule has 0 spiro atoms. The van der Waals surface area contributed by atoms with Gasteiger partial charge in [-0.05, 0) is 19.4 Å². The normalized spacial score (nSPS) is 27.8. The zero-order chi connectivity index (χ0) is 8.86. The second-order valence-corrected chi connectivity index (χ2v) is 3.15. The quantitative estimate of drug-likeness (QED) is 0.660. The SMILES string of the molecule is CCNC1(CCO)C=CC=CC1. The molecular formula is C10H17NO. The Balaban J connectivity index is 2.59. The molecule has 1 aliphatic carbocycles. The van der Waals surface area contributed by atoms with Crippen molar-refractivity contribution in [2.24, 2.45) is 0 Å². The van der Waals surface area contributed by atoms with Crippen LogP contribution in [0.3, 0.4) is 0 Å². The molecule has 0 bridgehead atoms.